The fourth-order valence-corrected chi connectivity index (χ4v) is 3.31. The molecule has 146 valence electrons. The Labute approximate surface area is 163 Å². The van der Waals surface area contributed by atoms with Gasteiger partial charge in [0.1, 0.15) is 17.3 Å². The molecule has 0 spiro atoms. The number of hydrogen-bond acceptors (Lipinski definition) is 5. The quantitative estimate of drug-likeness (QED) is 0.604. The second kappa shape index (κ2) is 8.13. The van der Waals surface area contributed by atoms with Crippen LogP contribution in [-0.4, -0.2) is 52.9 Å². The molecule has 0 unspecified atom stereocenters. The second-order valence-electron chi connectivity index (χ2n) is 7.33. The summed E-state index contributed by atoms with van der Waals surface area (Å²) in [6.45, 7) is 6.93. The van der Waals surface area contributed by atoms with Gasteiger partial charge in [0.05, 0.1) is 11.9 Å². The van der Waals surface area contributed by atoms with Crippen molar-refractivity contribution < 1.29 is 9.59 Å². The highest BCUT2D eigenvalue weighted by Gasteiger charge is 2.22. The molecule has 1 aliphatic heterocycles. The highest BCUT2D eigenvalue weighted by Crippen LogP contribution is 2.25. The number of rotatable bonds is 5. The molecule has 28 heavy (non-hydrogen) atoms. The molecule has 0 bridgehead atoms. The first-order valence-electron chi connectivity index (χ1n) is 9.30. The van der Waals surface area contributed by atoms with Gasteiger partial charge in [-0.05, 0) is 18.1 Å². The fourth-order valence-electron chi connectivity index (χ4n) is 3.31. The smallest absolute Gasteiger partial charge is 0.259 e. The highest BCUT2D eigenvalue weighted by atomic mass is 16.2. The zero-order valence-corrected chi connectivity index (χ0v) is 16.1. The van der Waals surface area contributed by atoms with Crippen molar-refractivity contribution in [2.75, 3.05) is 31.1 Å². The van der Waals surface area contributed by atoms with Crippen LogP contribution in [0, 0.1) is 17.2 Å². The van der Waals surface area contributed by atoms with E-state index in [4.69, 9.17) is 11.0 Å². The summed E-state index contributed by atoms with van der Waals surface area (Å²) >= 11 is 0. The lowest BCUT2D eigenvalue weighted by atomic mass is 10.1. The highest BCUT2D eigenvalue weighted by molar-refractivity contribution is 6.03. The number of pyridine rings is 1. The number of nitriles is 1. The molecule has 0 radical (unpaired) electrons. The molecule has 8 heteroatoms. The Morgan fingerprint density at radius 2 is 2.07 bits per heavy atom. The Morgan fingerprint density at radius 1 is 1.36 bits per heavy atom. The number of aromatic amines is 1. The Hall–Kier alpha value is -3.34. The SMILES string of the molecule is CC(C)CC(=O)N1CCN(c2cnc3[nH]cc(C=C(C#N)C(N)=O)c3c2)CC1. The van der Waals surface area contributed by atoms with Gasteiger partial charge in [-0.15, -0.1) is 0 Å². The topological polar surface area (TPSA) is 119 Å². The molecule has 2 aromatic heterocycles. The van der Waals surface area contributed by atoms with Crippen molar-refractivity contribution in [3.05, 3.63) is 29.6 Å². The number of primary amides is 1. The summed E-state index contributed by atoms with van der Waals surface area (Å²) in [5, 5.41) is 9.87. The van der Waals surface area contributed by atoms with Crippen LogP contribution >= 0.6 is 0 Å². The van der Waals surface area contributed by atoms with E-state index in [1.165, 1.54) is 6.08 Å². The van der Waals surface area contributed by atoms with Crippen LogP contribution in [0.5, 0.6) is 0 Å². The third kappa shape index (κ3) is 4.14. The number of piperazine rings is 1. The van der Waals surface area contributed by atoms with E-state index in [0.29, 0.717) is 36.6 Å². The number of fused-ring (bicyclic) bond motifs is 1. The molecule has 1 saturated heterocycles. The Bertz CT molecular complexity index is 961. The van der Waals surface area contributed by atoms with E-state index in [0.717, 1.165) is 24.2 Å². The molecule has 3 rings (SSSR count). The molecule has 3 N–H and O–H groups in total. The molecule has 1 fully saturated rings. The Kier molecular flexibility index (Phi) is 5.64. The van der Waals surface area contributed by atoms with E-state index in [-0.39, 0.29) is 11.5 Å². The molecule has 0 saturated carbocycles. The van der Waals surface area contributed by atoms with Crippen LogP contribution in [0.1, 0.15) is 25.8 Å². The monoisotopic (exact) mass is 380 g/mol. The minimum atomic E-state index is -0.761. The molecule has 8 nitrogen and oxygen atoms in total. The van der Waals surface area contributed by atoms with E-state index in [1.54, 1.807) is 12.4 Å². The fraction of sp³-hybridized carbons (Fsp3) is 0.400. The maximum atomic E-state index is 12.2. The Morgan fingerprint density at radius 3 is 2.68 bits per heavy atom. The molecular formula is C20H24N6O2. The number of nitrogens with zero attached hydrogens (tertiary/aromatic N) is 4. The van der Waals surface area contributed by atoms with E-state index in [1.807, 2.05) is 30.9 Å². The summed E-state index contributed by atoms with van der Waals surface area (Å²) in [5.74, 6) is -0.198. The van der Waals surface area contributed by atoms with Gasteiger partial charge in [0.2, 0.25) is 5.91 Å². The van der Waals surface area contributed by atoms with Gasteiger partial charge in [0.25, 0.3) is 5.91 Å². The van der Waals surface area contributed by atoms with Crippen LogP contribution in [-0.2, 0) is 9.59 Å². The lowest BCUT2D eigenvalue weighted by Crippen LogP contribution is -2.49. The van der Waals surface area contributed by atoms with Gasteiger partial charge < -0.3 is 20.5 Å². The Balaban J connectivity index is 1.78. The van der Waals surface area contributed by atoms with Gasteiger partial charge in [-0.25, -0.2) is 4.98 Å². The number of carbonyl (C=O) groups excluding carboxylic acids is 2. The van der Waals surface area contributed by atoms with Crippen LogP contribution in [0.2, 0.25) is 0 Å². The maximum absolute atomic E-state index is 12.2. The molecule has 0 atom stereocenters. The van der Waals surface area contributed by atoms with Crippen molar-refractivity contribution in [1.82, 2.24) is 14.9 Å². The first kappa shape index (κ1) is 19.4. The van der Waals surface area contributed by atoms with Crippen LogP contribution in [0.3, 0.4) is 0 Å². The minimum Gasteiger partial charge on any atom is -0.367 e. The van der Waals surface area contributed by atoms with Crippen molar-refractivity contribution in [2.45, 2.75) is 20.3 Å². The molecule has 3 heterocycles. The molecule has 1 aliphatic rings. The van der Waals surface area contributed by atoms with E-state index < -0.39 is 5.91 Å². The summed E-state index contributed by atoms with van der Waals surface area (Å²) in [5.41, 5.74) is 7.41. The van der Waals surface area contributed by atoms with Gasteiger partial charge >= 0.3 is 0 Å². The predicted molar refractivity (Wildman–Crippen MR) is 107 cm³/mol. The number of anilines is 1. The van der Waals surface area contributed by atoms with Crippen LogP contribution < -0.4 is 10.6 Å². The number of amides is 2. The van der Waals surface area contributed by atoms with Gasteiger partial charge in [-0.2, -0.15) is 5.26 Å². The third-order valence-electron chi connectivity index (χ3n) is 4.81. The number of aromatic nitrogens is 2. The molecule has 2 amide bonds. The summed E-state index contributed by atoms with van der Waals surface area (Å²) in [6.07, 6.45) is 5.53. The van der Waals surface area contributed by atoms with E-state index in [2.05, 4.69) is 14.9 Å². The number of nitrogens with two attached hydrogens (primary N) is 1. The number of carbonyl (C=O) groups is 2. The largest absolute Gasteiger partial charge is 0.367 e. The van der Waals surface area contributed by atoms with Crippen LogP contribution in [0.4, 0.5) is 5.69 Å². The van der Waals surface area contributed by atoms with E-state index >= 15 is 0 Å². The summed E-state index contributed by atoms with van der Waals surface area (Å²) in [4.78, 5) is 35.2. The van der Waals surface area contributed by atoms with Crippen molar-refractivity contribution in [1.29, 1.82) is 5.26 Å². The van der Waals surface area contributed by atoms with Crippen LogP contribution in [0.25, 0.3) is 17.1 Å². The van der Waals surface area contributed by atoms with Gasteiger partial charge in [-0.1, -0.05) is 13.8 Å². The molecular weight excluding hydrogens is 356 g/mol. The van der Waals surface area contributed by atoms with Crippen molar-refractivity contribution in [2.24, 2.45) is 11.7 Å². The summed E-state index contributed by atoms with van der Waals surface area (Å²) in [7, 11) is 0. The van der Waals surface area contributed by atoms with Crippen molar-refractivity contribution in [3.63, 3.8) is 0 Å². The van der Waals surface area contributed by atoms with Gasteiger partial charge in [0.15, 0.2) is 0 Å². The lowest BCUT2D eigenvalue weighted by molar-refractivity contribution is -0.132. The zero-order chi connectivity index (χ0) is 20.3. The van der Waals surface area contributed by atoms with Crippen LogP contribution in [0.15, 0.2) is 24.0 Å². The average Bonchev–Trinajstić information content (AvgIpc) is 3.07. The first-order chi connectivity index (χ1) is 13.4. The number of nitrogens with one attached hydrogen (secondary N) is 1. The maximum Gasteiger partial charge on any atom is 0.259 e. The standard InChI is InChI=1S/C20H24N6O2/c1-13(2)7-18(27)26-5-3-25(4-6-26)16-9-17-15(8-14(10-21)19(22)28)11-23-20(17)24-12-16/h8-9,11-13H,3-7H2,1-2H3,(H2,22,28)(H,23,24). The van der Waals surface area contributed by atoms with Crippen molar-refractivity contribution in [3.8, 4) is 6.07 Å². The molecule has 0 aromatic carbocycles. The third-order valence-corrected chi connectivity index (χ3v) is 4.81. The lowest BCUT2D eigenvalue weighted by Gasteiger charge is -2.36. The zero-order valence-electron chi connectivity index (χ0n) is 16.1. The first-order valence-corrected chi connectivity index (χ1v) is 9.30. The van der Waals surface area contributed by atoms with Crippen molar-refractivity contribution >= 4 is 34.6 Å². The number of hydrogen-bond donors (Lipinski definition) is 2. The minimum absolute atomic E-state index is 0.108. The van der Waals surface area contributed by atoms with E-state index in [9.17, 15) is 9.59 Å². The van der Waals surface area contributed by atoms with Gasteiger partial charge in [0, 0.05) is 49.7 Å². The summed E-state index contributed by atoms with van der Waals surface area (Å²) < 4.78 is 0. The van der Waals surface area contributed by atoms with Gasteiger partial charge in [-0.3, -0.25) is 9.59 Å². The second-order valence-corrected chi connectivity index (χ2v) is 7.33. The average molecular weight is 380 g/mol. The number of H-pyrrole nitrogens is 1. The molecule has 0 aliphatic carbocycles. The predicted octanol–water partition coefficient (Wildman–Crippen LogP) is 1.65. The summed E-state index contributed by atoms with van der Waals surface area (Å²) in [6, 6.07) is 3.79. The normalized spacial score (nSPS) is 15.1. The molecule has 2 aromatic rings.